The van der Waals surface area contributed by atoms with Crippen molar-refractivity contribution in [2.24, 2.45) is 0 Å². The third-order valence-corrected chi connectivity index (χ3v) is 3.22. The summed E-state index contributed by atoms with van der Waals surface area (Å²) in [5.74, 6) is -1.60. The number of hydrogen-bond donors (Lipinski definition) is 1. The predicted molar refractivity (Wildman–Crippen MR) is 79.1 cm³/mol. The zero-order valence-electron chi connectivity index (χ0n) is 12.3. The number of carbonyl (C=O) groups is 1. The smallest absolute Gasteiger partial charge is 0.403 e. The van der Waals surface area contributed by atoms with Gasteiger partial charge in [-0.1, -0.05) is 17.2 Å². The number of benzene rings is 2. The summed E-state index contributed by atoms with van der Waals surface area (Å²) in [5, 5.41) is 9.43. The molecule has 3 aromatic rings. The van der Waals surface area contributed by atoms with Crippen molar-refractivity contribution in [1.82, 2.24) is 10.2 Å². The number of nitrogens with zero attached hydrogens (tertiary/aromatic N) is 2. The molecule has 0 aliphatic carbocycles. The Morgan fingerprint density at radius 1 is 1.00 bits per heavy atom. The van der Waals surface area contributed by atoms with Crippen LogP contribution in [0.4, 0.5) is 23.6 Å². The van der Waals surface area contributed by atoms with Crippen molar-refractivity contribution in [1.29, 1.82) is 0 Å². The molecule has 128 valence electrons. The summed E-state index contributed by atoms with van der Waals surface area (Å²) in [7, 11) is 0. The van der Waals surface area contributed by atoms with Crippen molar-refractivity contribution in [2.75, 3.05) is 5.32 Å². The highest BCUT2D eigenvalue weighted by atomic mass is 19.4. The van der Waals surface area contributed by atoms with E-state index in [2.05, 4.69) is 15.5 Å². The first kappa shape index (κ1) is 16.6. The number of halogens is 4. The van der Waals surface area contributed by atoms with E-state index in [-0.39, 0.29) is 23.0 Å². The molecule has 2 aromatic carbocycles. The summed E-state index contributed by atoms with van der Waals surface area (Å²) in [4.78, 5) is 11.9. The minimum atomic E-state index is -4.45. The molecule has 0 radical (unpaired) electrons. The van der Waals surface area contributed by atoms with E-state index in [1.165, 1.54) is 30.3 Å². The molecule has 0 aliphatic heterocycles. The summed E-state index contributed by atoms with van der Waals surface area (Å²) < 4.78 is 56.3. The highest BCUT2D eigenvalue weighted by Gasteiger charge is 2.30. The number of alkyl halides is 3. The van der Waals surface area contributed by atoms with Crippen molar-refractivity contribution < 1.29 is 26.8 Å². The SMILES string of the molecule is O=C(Nc1nnc(-c2ccc(C(F)(F)F)cc2)o1)c1ccccc1F. The Bertz CT molecular complexity index is 904. The van der Waals surface area contributed by atoms with Crippen LogP contribution >= 0.6 is 0 Å². The number of carbonyl (C=O) groups excluding carboxylic acids is 1. The van der Waals surface area contributed by atoms with Crippen molar-refractivity contribution in [3.63, 3.8) is 0 Å². The Labute approximate surface area is 138 Å². The normalized spacial score (nSPS) is 11.4. The average Bonchev–Trinajstić information content (AvgIpc) is 3.03. The minimum Gasteiger partial charge on any atom is -0.403 e. The number of nitrogens with one attached hydrogen (secondary N) is 1. The van der Waals surface area contributed by atoms with Gasteiger partial charge in [-0.3, -0.25) is 10.1 Å². The summed E-state index contributed by atoms with van der Waals surface area (Å²) in [6.45, 7) is 0. The van der Waals surface area contributed by atoms with Gasteiger partial charge in [-0.25, -0.2) is 4.39 Å². The zero-order valence-corrected chi connectivity index (χ0v) is 12.3. The Balaban J connectivity index is 1.76. The monoisotopic (exact) mass is 351 g/mol. The molecule has 0 bridgehead atoms. The van der Waals surface area contributed by atoms with Gasteiger partial charge in [0.15, 0.2) is 0 Å². The van der Waals surface area contributed by atoms with Crippen LogP contribution in [0.5, 0.6) is 0 Å². The highest BCUT2D eigenvalue weighted by molar-refractivity contribution is 6.03. The molecule has 3 rings (SSSR count). The molecule has 0 aliphatic rings. The lowest BCUT2D eigenvalue weighted by Crippen LogP contribution is -2.13. The second kappa shape index (κ2) is 6.34. The van der Waals surface area contributed by atoms with Crippen molar-refractivity contribution in [3.05, 3.63) is 65.5 Å². The van der Waals surface area contributed by atoms with Gasteiger partial charge in [0, 0.05) is 5.56 Å². The quantitative estimate of drug-likeness (QED) is 0.720. The number of aromatic nitrogens is 2. The van der Waals surface area contributed by atoms with Gasteiger partial charge < -0.3 is 4.42 Å². The maximum absolute atomic E-state index is 13.5. The van der Waals surface area contributed by atoms with Crippen molar-refractivity contribution in [2.45, 2.75) is 6.18 Å². The second-order valence-electron chi connectivity index (χ2n) is 4.92. The van der Waals surface area contributed by atoms with E-state index in [1.807, 2.05) is 0 Å². The van der Waals surface area contributed by atoms with Gasteiger partial charge in [-0.15, -0.1) is 5.10 Å². The number of rotatable bonds is 3. The first-order chi connectivity index (χ1) is 11.8. The first-order valence-corrected chi connectivity index (χ1v) is 6.91. The molecule has 1 heterocycles. The van der Waals surface area contributed by atoms with Crippen LogP contribution in [-0.4, -0.2) is 16.1 Å². The summed E-state index contributed by atoms with van der Waals surface area (Å²) >= 11 is 0. The summed E-state index contributed by atoms with van der Waals surface area (Å²) in [6, 6.07) is 9.09. The van der Waals surface area contributed by atoms with Gasteiger partial charge in [0.25, 0.3) is 5.91 Å². The molecule has 1 amide bonds. The molecule has 0 fully saturated rings. The molecule has 5 nitrogen and oxygen atoms in total. The van der Waals surface area contributed by atoms with Crippen LogP contribution in [0.15, 0.2) is 52.9 Å². The molecule has 0 saturated carbocycles. The maximum atomic E-state index is 13.5. The molecule has 1 N–H and O–H groups in total. The van der Waals surface area contributed by atoms with Gasteiger partial charge in [0.2, 0.25) is 5.89 Å². The summed E-state index contributed by atoms with van der Waals surface area (Å²) in [5.41, 5.74) is -0.785. The van der Waals surface area contributed by atoms with E-state index < -0.39 is 23.5 Å². The topological polar surface area (TPSA) is 68.0 Å². The third-order valence-electron chi connectivity index (χ3n) is 3.22. The lowest BCUT2D eigenvalue weighted by atomic mass is 10.1. The van der Waals surface area contributed by atoms with E-state index in [0.29, 0.717) is 0 Å². The number of anilines is 1. The average molecular weight is 351 g/mol. The van der Waals surface area contributed by atoms with E-state index >= 15 is 0 Å². The van der Waals surface area contributed by atoms with Crippen LogP contribution in [0, 0.1) is 5.82 Å². The zero-order chi connectivity index (χ0) is 18.0. The Hall–Kier alpha value is -3.23. The minimum absolute atomic E-state index is 0.0856. The van der Waals surface area contributed by atoms with E-state index in [9.17, 15) is 22.4 Å². The van der Waals surface area contributed by atoms with Gasteiger partial charge in [-0.2, -0.15) is 13.2 Å². The largest absolute Gasteiger partial charge is 0.416 e. The van der Waals surface area contributed by atoms with Crippen LogP contribution in [0.3, 0.4) is 0 Å². The second-order valence-corrected chi connectivity index (χ2v) is 4.92. The van der Waals surface area contributed by atoms with E-state index in [0.717, 1.165) is 18.2 Å². The molecule has 9 heteroatoms. The third kappa shape index (κ3) is 3.65. The Morgan fingerprint density at radius 2 is 1.68 bits per heavy atom. The first-order valence-electron chi connectivity index (χ1n) is 6.91. The molecule has 0 atom stereocenters. The van der Waals surface area contributed by atoms with E-state index in [1.54, 1.807) is 0 Å². The summed E-state index contributed by atoms with van der Waals surface area (Å²) in [6.07, 6.45) is -4.45. The Kier molecular flexibility index (Phi) is 4.22. The molecule has 25 heavy (non-hydrogen) atoms. The van der Waals surface area contributed by atoms with Crippen LogP contribution in [-0.2, 0) is 6.18 Å². The maximum Gasteiger partial charge on any atom is 0.416 e. The molecular weight excluding hydrogens is 342 g/mol. The van der Waals surface area contributed by atoms with E-state index in [4.69, 9.17) is 4.42 Å². The van der Waals surface area contributed by atoms with Crippen molar-refractivity contribution in [3.8, 4) is 11.5 Å². The fourth-order valence-electron chi connectivity index (χ4n) is 2.00. The van der Waals surface area contributed by atoms with Crippen LogP contribution in [0.1, 0.15) is 15.9 Å². The van der Waals surface area contributed by atoms with Gasteiger partial charge in [0.05, 0.1) is 11.1 Å². The lowest BCUT2D eigenvalue weighted by Gasteiger charge is -2.05. The Morgan fingerprint density at radius 3 is 2.32 bits per heavy atom. The van der Waals surface area contributed by atoms with Crippen LogP contribution in [0.2, 0.25) is 0 Å². The van der Waals surface area contributed by atoms with Gasteiger partial charge in [0.1, 0.15) is 5.82 Å². The number of hydrogen-bond acceptors (Lipinski definition) is 4. The molecule has 0 spiro atoms. The van der Waals surface area contributed by atoms with Crippen LogP contribution < -0.4 is 5.32 Å². The molecule has 0 saturated heterocycles. The molecule has 0 unspecified atom stereocenters. The van der Waals surface area contributed by atoms with Crippen molar-refractivity contribution >= 4 is 11.9 Å². The van der Waals surface area contributed by atoms with Gasteiger partial charge >= 0.3 is 12.2 Å². The molecular formula is C16H9F4N3O2. The fourth-order valence-corrected chi connectivity index (χ4v) is 2.00. The predicted octanol–water partition coefficient (Wildman–Crippen LogP) is 4.15. The fraction of sp³-hybridized carbons (Fsp3) is 0.0625. The standard InChI is InChI=1S/C16H9F4N3O2/c17-12-4-2-1-3-11(12)13(24)21-15-23-22-14(25-15)9-5-7-10(8-6-9)16(18,19)20/h1-8H,(H,21,23,24). The van der Waals surface area contributed by atoms with Crippen LogP contribution in [0.25, 0.3) is 11.5 Å². The lowest BCUT2D eigenvalue weighted by molar-refractivity contribution is -0.137. The van der Waals surface area contributed by atoms with Gasteiger partial charge in [-0.05, 0) is 36.4 Å². The molecule has 1 aromatic heterocycles. The highest BCUT2D eigenvalue weighted by Crippen LogP contribution is 2.30. The number of amides is 1.